The lowest BCUT2D eigenvalue weighted by Crippen LogP contribution is -2.29. The van der Waals surface area contributed by atoms with Crippen LogP contribution in [0.25, 0.3) is 0 Å². The first-order chi connectivity index (χ1) is 12.7. The summed E-state index contributed by atoms with van der Waals surface area (Å²) in [4.78, 5) is 20.4. The zero-order valence-corrected chi connectivity index (χ0v) is 15.3. The highest BCUT2D eigenvalue weighted by atomic mass is 32.1. The van der Waals surface area contributed by atoms with Gasteiger partial charge < -0.3 is 15.0 Å². The van der Waals surface area contributed by atoms with E-state index in [1.807, 2.05) is 24.3 Å². The number of ether oxygens (including phenoxy) is 1. The second-order valence-corrected chi connectivity index (χ2v) is 7.63. The van der Waals surface area contributed by atoms with Crippen molar-refractivity contribution in [2.45, 2.75) is 31.6 Å². The third kappa shape index (κ3) is 3.40. The third-order valence-electron chi connectivity index (χ3n) is 4.84. The number of amides is 1. The Hall–Kier alpha value is -2.52. The van der Waals surface area contributed by atoms with Crippen LogP contribution in [0, 0.1) is 12.3 Å². The van der Waals surface area contributed by atoms with Crippen LogP contribution >= 0.6 is 11.3 Å². The summed E-state index contributed by atoms with van der Waals surface area (Å²) in [5.41, 5.74) is 1.10. The third-order valence-corrected chi connectivity index (χ3v) is 6.07. The molecule has 1 saturated heterocycles. The van der Waals surface area contributed by atoms with Crippen molar-refractivity contribution in [3.8, 4) is 18.1 Å². The maximum absolute atomic E-state index is 12.2. The second kappa shape index (κ2) is 7.38. The zero-order valence-electron chi connectivity index (χ0n) is 14.5. The molecule has 2 aliphatic rings. The van der Waals surface area contributed by atoms with Gasteiger partial charge in [0.05, 0.1) is 4.88 Å². The van der Waals surface area contributed by atoms with Crippen molar-refractivity contribution in [3.63, 3.8) is 0 Å². The maximum Gasteiger partial charge on any atom is 0.226 e. The number of nitrogens with zero attached hydrogens (tertiary/aromatic N) is 2. The predicted molar refractivity (Wildman–Crippen MR) is 104 cm³/mol. The molecule has 1 N–H and O–H groups in total. The number of carbonyl (C=O) groups excluding carboxylic acids is 1. The van der Waals surface area contributed by atoms with Gasteiger partial charge >= 0.3 is 0 Å². The fourth-order valence-electron chi connectivity index (χ4n) is 3.52. The van der Waals surface area contributed by atoms with E-state index in [2.05, 4.69) is 16.1 Å². The Morgan fingerprint density at radius 3 is 2.77 bits per heavy atom. The molecule has 3 heterocycles. The number of nitrogens with one attached hydrogen (secondary N) is 1. The minimum Gasteiger partial charge on any atom is -0.481 e. The lowest BCUT2D eigenvalue weighted by molar-refractivity contribution is -0.116. The number of carbonyl (C=O) groups is 1. The van der Waals surface area contributed by atoms with Gasteiger partial charge in [-0.1, -0.05) is 29.4 Å². The highest BCUT2D eigenvalue weighted by Crippen LogP contribution is 2.43. The standard InChI is InChI=1S/C20H21N3O2S/c1-2-12-25-15-8-6-14(7-9-15)16-13-17(24)21-19-18(16)26-20(22-19)23-10-4-3-5-11-23/h1,6-9,16H,3-5,10-13H2,(H,21,24)/t16-/m0/s1. The normalized spacial score (nSPS) is 19.4. The van der Waals surface area contributed by atoms with Crippen LogP contribution in [0.3, 0.4) is 0 Å². The Kier molecular flexibility index (Phi) is 4.81. The first-order valence-corrected chi connectivity index (χ1v) is 9.78. The van der Waals surface area contributed by atoms with Crippen LogP contribution in [0.5, 0.6) is 5.75 Å². The smallest absolute Gasteiger partial charge is 0.226 e. The molecule has 2 aromatic rings. The molecule has 0 aliphatic carbocycles. The van der Waals surface area contributed by atoms with E-state index in [0.29, 0.717) is 6.42 Å². The number of anilines is 2. The van der Waals surface area contributed by atoms with Gasteiger partial charge in [-0.3, -0.25) is 4.79 Å². The van der Waals surface area contributed by atoms with Gasteiger partial charge in [0.25, 0.3) is 0 Å². The minimum absolute atomic E-state index is 0.0191. The van der Waals surface area contributed by atoms with Gasteiger partial charge in [-0.05, 0) is 37.0 Å². The predicted octanol–water partition coefficient (Wildman–Crippen LogP) is 3.62. The summed E-state index contributed by atoms with van der Waals surface area (Å²) in [6.45, 7) is 2.35. The summed E-state index contributed by atoms with van der Waals surface area (Å²) in [6.07, 6.45) is 9.37. The summed E-state index contributed by atoms with van der Waals surface area (Å²) in [6, 6.07) is 7.84. The number of rotatable bonds is 4. The molecule has 1 aromatic carbocycles. The fourth-order valence-corrected chi connectivity index (χ4v) is 4.72. The Balaban J connectivity index is 1.61. The van der Waals surface area contributed by atoms with E-state index < -0.39 is 0 Å². The van der Waals surface area contributed by atoms with Crippen molar-refractivity contribution < 1.29 is 9.53 Å². The van der Waals surface area contributed by atoms with Crippen LogP contribution in [0.15, 0.2) is 24.3 Å². The Morgan fingerprint density at radius 2 is 2.04 bits per heavy atom. The number of hydrogen-bond donors (Lipinski definition) is 1. The molecule has 5 nitrogen and oxygen atoms in total. The monoisotopic (exact) mass is 367 g/mol. The van der Waals surface area contributed by atoms with Crippen LogP contribution in [0.2, 0.25) is 0 Å². The molecule has 1 fully saturated rings. The van der Waals surface area contributed by atoms with Gasteiger partial charge in [-0.2, -0.15) is 0 Å². The number of benzene rings is 1. The van der Waals surface area contributed by atoms with Gasteiger partial charge in [0, 0.05) is 25.4 Å². The Bertz CT molecular complexity index is 832. The van der Waals surface area contributed by atoms with E-state index in [9.17, 15) is 4.79 Å². The van der Waals surface area contributed by atoms with E-state index in [1.165, 1.54) is 19.3 Å². The quantitative estimate of drug-likeness (QED) is 0.839. The summed E-state index contributed by atoms with van der Waals surface area (Å²) >= 11 is 1.71. The lowest BCUT2D eigenvalue weighted by atomic mass is 9.91. The molecule has 1 amide bonds. The van der Waals surface area contributed by atoms with E-state index in [-0.39, 0.29) is 18.4 Å². The average molecular weight is 367 g/mol. The van der Waals surface area contributed by atoms with Gasteiger partial charge in [-0.15, -0.1) is 6.42 Å². The first-order valence-electron chi connectivity index (χ1n) is 8.96. The van der Waals surface area contributed by atoms with Crippen molar-refractivity contribution >= 4 is 28.2 Å². The highest BCUT2D eigenvalue weighted by molar-refractivity contribution is 7.16. The van der Waals surface area contributed by atoms with E-state index >= 15 is 0 Å². The SMILES string of the molecule is C#CCOc1ccc([C@@H]2CC(=O)Nc3nc(N4CCCCC4)sc32)cc1. The molecule has 134 valence electrons. The molecule has 1 atom stereocenters. The maximum atomic E-state index is 12.2. The van der Waals surface area contributed by atoms with Crippen molar-refractivity contribution in [2.75, 3.05) is 29.9 Å². The van der Waals surface area contributed by atoms with Crippen LogP contribution < -0.4 is 15.0 Å². The summed E-state index contributed by atoms with van der Waals surface area (Å²) in [5, 5.41) is 3.97. The summed E-state index contributed by atoms with van der Waals surface area (Å²) in [7, 11) is 0. The van der Waals surface area contributed by atoms with Crippen molar-refractivity contribution in [1.29, 1.82) is 0 Å². The first kappa shape index (κ1) is 16.9. The van der Waals surface area contributed by atoms with E-state index in [4.69, 9.17) is 16.1 Å². The summed E-state index contributed by atoms with van der Waals surface area (Å²) < 4.78 is 5.44. The zero-order chi connectivity index (χ0) is 17.9. The fraction of sp³-hybridized carbons (Fsp3) is 0.400. The van der Waals surface area contributed by atoms with Crippen LogP contribution in [0.1, 0.15) is 42.0 Å². The highest BCUT2D eigenvalue weighted by Gasteiger charge is 2.31. The van der Waals surface area contributed by atoms with Crippen molar-refractivity contribution in [3.05, 3.63) is 34.7 Å². The number of terminal acetylenes is 1. The minimum atomic E-state index is 0.0191. The molecule has 4 rings (SSSR count). The largest absolute Gasteiger partial charge is 0.481 e. The van der Waals surface area contributed by atoms with Crippen LogP contribution in [-0.4, -0.2) is 30.6 Å². The molecule has 0 spiro atoms. The average Bonchev–Trinajstić information content (AvgIpc) is 3.11. The Morgan fingerprint density at radius 1 is 1.27 bits per heavy atom. The lowest BCUT2D eigenvalue weighted by Gasteiger charge is -2.25. The van der Waals surface area contributed by atoms with Crippen molar-refractivity contribution in [2.24, 2.45) is 0 Å². The van der Waals surface area contributed by atoms with E-state index in [0.717, 1.165) is 40.2 Å². The van der Waals surface area contributed by atoms with Gasteiger partial charge in [0.2, 0.25) is 5.91 Å². The molecular formula is C20H21N3O2S. The van der Waals surface area contributed by atoms with Crippen LogP contribution in [0.4, 0.5) is 10.9 Å². The number of piperidine rings is 1. The molecule has 0 saturated carbocycles. The molecule has 0 unspecified atom stereocenters. The van der Waals surface area contributed by atoms with Crippen LogP contribution in [-0.2, 0) is 4.79 Å². The van der Waals surface area contributed by atoms with Gasteiger partial charge in [0.1, 0.15) is 18.2 Å². The van der Waals surface area contributed by atoms with Gasteiger partial charge in [-0.25, -0.2) is 4.98 Å². The second-order valence-electron chi connectivity index (χ2n) is 6.62. The summed E-state index contributed by atoms with van der Waals surface area (Å²) in [5.74, 6) is 3.99. The molecule has 6 heteroatoms. The number of aromatic nitrogens is 1. The Labute approximate surface area is 157 Å². The van der Waals surface area contributed by atoms with Crippen molar-refractivity contribution in [1.82, 2.24) is 4.98 Å². The topological polar surface area (TPSA) is 54.5 Å². The van der Waals surface area contributed by atoms with Gasteiger partial charge in [0.15, 0.2) is 5.13 Å². The number of thiazole rings is 1. The molecule has 26 heavy (non-hydrogen) atoms. The molecular weight excluding hydrogens is 346 g/mol. The molecule has 1 aromatic heterocycles. The van der Waals surface area contributed by atoms with E-state index in [1.54, 1.807) is 11.3 Å². The molecule has 2 aliphatic heterocycles. The number of hydrogen-bond acceptors (Lipinski definition) is 5. The molecule has 0 radical (unpaired) electrons. The number of fused-ring (bicyclic) bond motifs is 1. The molecule has 0 bridgehead atoms.